The fourth-order valence-electron chi connectivity index (χ4n) is 2.14. The van der Waals surface area contributed by atoms with Crippen molar-refractivity contribution in [1.29, 1.82) is 0 Å². The summed E-state index contributed by atoms with van der Waals surface area (Å²) in [7, 11) is 1.31. The molecule has 0 aromatic carbocycles. The van der Waals surface area contributed by atoms with E-state index >= 15 is 0 Å². The second-order valence-corrected chi connectivity index (χ2v) is 5.00. The number of nitrogens with zero attached hydrogens (tertiary/aromatic N) is 1. The van der Waals surface area contributed by atoms with Crippen molar-refractivity contribution in [2.75, 3.05) is 46.5 Å². The number of nitrogens with one attached hydrogen (secondary N) is 2. The number of rotatable bonds is 7. The van der Waals surface area contributed by atoms with Gasteiger partial charge in [-0.1, -0.05) is 0 Å². The highest BCUT2D eigenvalue weighted by Gasteiger charge is 2.21. The number of hydrogen-bond acceptors (Lipinski definition) is 6. The first-order chi connectivity index (χ1) is 9.52. The average molecular weight is 287 g/mol. The summed E-state index contributed by atoms with van der Waals surface area (Å²) in [5.41, 5.74) is 0. The van der Waals surface area contributed by atoms with Crippen molar-refractivity contribution < 1.29 is 19.1 Å². The summed E-state index contributed by atoms with van der Waals surface area (Å²) in [5, 5.41) is 5.83. The number of hydrogen-bond donors (Lipinski definition) is 2. The van der Waals surface area contributed by atoms with Crippen molar-refractivity contribution in [1.82, 2.24) is 15.5 Å². The molecule has 0 aromatic rings. The standard InChI is InChI=1S/C13H25N3O4/c1-10(9-16-4-6-20-7-5-16)14-8-12(13(18)19-3)15-11(2)17/h10,12,14H,4-9H2,1-3H3,(H,15,17). The summed E-state index contributed by atoms with van der Waals surface area (Å²) in [5.74, 6) is -0.686. The molecule has 1 aliphatic rings. The topological polar surface area (TPSA) is 79.9 Å². The smallest absolute Gasteiger partial charge is 0.329 e. The van der Waals surface area contributed by atoms with E-state index in [1.807, 2.05) is 0 Å². The van der Waals surface area contributed by atoms with Crippen molar-refractivity contribution in [2.45, 2.75) is 25.9 Å². The minimum atomic E-state index is -0.648. The number of carbonyl (C=O) groups excluding carboxylic acids is 2. The quantitative estimate of drug-likeness (QED) is 0.583. The largest absolute Gasteiger partial charge is 0.467 e. The van der Waals surface area contributed by atoms with E-state index in [1.165, 1.54) is 14.0 Å². The molecular weight excluding hydrogens is 262 g/mol. The van der Waals surface area contributed by atoms with Crippen molar-refractivity contribution in [3.63, 3.8) is 0 Å². The minimum absolute atomic E-state index is 0.217. The fraction of sp³-hybridized carbons (Fsp3) is 0.846. The Kier molecular flexibility index (Phi) is 7.50. The molecule has 7 heteroatoms. The predicted molar refractivity (Wildman–Crippen MR) is 74.3 cm³/mol. The Morgan fingerprint density at radius 3 is 2.55 bits per heavy atom. The van der Waals surface area contributed by atoms with Gasteiger partial charge in [0.15, 0.2) is 0 Å². The lowest BCUT2D eigenvalue weighted by molar-refractivity contribution is -0.144. The molecule has 0 aromatic heterocycles. The molecule has 2 atom stereocenters. The minimum Gasteiger partial charge on any atom is -0.467 e. The molecule has 2 unspecified atom stereocenters. The first-order valence-electron chi connectivity index (χ1n) is 6.91. The van der Waals surface area contributed by atoms with Crippen LogP contribution in [-0.2, 0) is 19.1 Å². The van der Waals surface area contributed by atoms with Gasteiger partial charge in [-0.05, 0) is 6.92 Å². The van der Waals surface area contributed by atoms with Crippen molar-refractivity contribution in [3.05, 3.63) is 0 Å². The summed E-state index contributed by atoms with van der Waals surface area (Å²) in [6, 6.07) is -0.432. The molecule has 0 bridgehead atoms. The Morgan fingerprint density at radius 1 is 1.35 bits per heavy atom. The maximum absolute atomic E-state index is 11.5. The van der Waals surface area contributed by atoms with Gasteiger partial charge in [-0.25, -0.2) is 4.79 Å². The summed E-state index contributed by atoms with van der Waals surface area (Å²) in [6.45, 7) is 8.07. The van der Waals surface area contributed by atoms with Gasteiger partial charge in [0.1, 0.15) is 6.04 Å². The van der Waals surface area contributed by atoms with Gasteiger partial charge in [-0.2, -0.15) is 0 Å². The van der Waals surface area contributed by atoms with Crippen LogP contribution in [0.4, 0.5) is 0 Å². The van der Waals surface area contributed by atoms with Gasteiger partial charge in [0, 0.05) is 39.1 Å². The van der Waals surface area contributed by atoms with E-state index < -0.39 is 12.0 Å². The molecule has 1 heterocycles. The van der Waals surface area contributed by atoms with Crippen LogP contribution >= 0.6 is 0 Å². The lowest BCUT2D eigenvalue weighted by atomic mass is 10.2. The van der Waals surface area contributed by atoms with Crippen LogP contribution in [0.2, 0.25) is 0 Å². The number of methoxy groups -OCH3 is 1. The number of carbonyl (C=O) groups is 2. The maximum atomic E-state index is 11.5. The molecule has 1 amide bonds. The van der Waals surface area contributed by atoms with Crippen molar-refractivity contribution in [2.24, 2.45) is 0 Å². The summed E-state index contributed by atoms with van der Waals surface area (Å²) in [6.07, 6.45) is 0. The average Bonchev–Trinajstić information content (AvgIpc) is 2.43. The molecule has 116 valence electrons. The Bertz CT molecular complexity index is 319. The van der Waals surface area contributed by atoms with Gasteiger partial charge in [0.25, 0.3) is 0 Å². The third-order valence-electron chi connectivity index (χ3n) is 3.17. The monoisotopic (exact) mass is 287 g/mol. The number of amides is 1. The van der Waals surface area contributed by atoms with Crippen molar-refractivity contribution >= 4 is 11.9 Å². The third kappa shape index (κ3) is 6.31. The van der Waals surface area contributed by atoms with Gasteiger partial charge < -0.3 is 20.1 Å². The highest BCUT2D eigenvalue weighted by atomic mass is 16.5. The highest BCUT2D eigenvalue weighted by Crippen LogP contribution is 1.98. The van der Waals surface area contributed by atoms with Crippen LogP contribution in [0, 0.1) is 0 Å². The molecule has 1 fully saturated rings. The molecular formula is C13H25N3O4. The zero-order valence-electron chi connectivity index (χ0n) is 12.5. The van der Waals surface area contributed by atoms with Crippen LogP contribution in [0.25, 0.3) is 0 Å². The van der Waals surface area contributed by atoms with E-state index in [1.54, 1.807) is 0 Å². The van der Waals surface area contributed by atoms with Gasteiger partial charge in [0.05, 0.1) is 20.3 Å². The van der Waals surface area contributed by atoms with E-state index in [4.69, 9.17) is 4.74 Å². The van der Waals surface area contributed by atoms with Crippen molar-refractivity contribution in [3.8, 4) is 0 Å². The van der Waals surface area contributed by atoms with Crippen LogP contribution in [0.15, 0.2) is 0 Å². The van der Waals surface area contributed by atoms with E-state index in [-0.39, 0.29) is 11.9 Å². The Hall–Kier alpha value is -1.18. The molecule has 1 saturated heterocycles. The fourth-order valence-corrected chi connectivity index (χ4v) is 2.14. The SMILES string of the molecule is COC(=O)C(CNC(C)CN1CCOCC1)NC(C)=O. The first-order valence-corrected chi connectivity index (χ1v) is 6.91. The van der Waals surface area contributed by atoms with E-state index in [0.717, 1.165) is 32.8 Å². The van der Waals surface area contributed by atoms with Crippen LogP contribution in [0.5, 0.6) is 0 Å². The Labute approximate surface area is 120 Å². The Morgan fingerprint density at radius 2 is 2.00 bits per heavy atom. The zero-order valence-corrected chi connectivity index (χ0v) is 12.5. The normalized spacial score (nSPS) is 19.1. The lowest BCUT2D eigenvalue weighted by Crippen LogP contribution is -2.51. The molecule has 20 heavy (non-hydrogen) atoms. The van der Waals surface area contributed by atoms with Crippen LogP contribution in [0.3, 0.4) is 0 Å². The summed E-state index contributed by atoms with van der Waals surface area (Å²) >= 11 is 0. The van der Waals surface area contributed by atoms with Gasteiger partial charge in [-0.3, -0.25) is 9.69 Å². The van der Waals surface area contributed by atoms with E-state index in [9.17, 15) is 9.59 Å². The lowest BCUT2D eigenvalue weighted by Gasteiger charge is -2.30. The number of esters is 1. The van der Waals surface area contributed by atoms with E-state index in [0.29, 0.717) is 6.54 Å². The molecule has 1 aliphatic heterocycles. The molecule has 1 rings (SSSR count). The molecule has 0 radical (unpaired) electrons. The van der Waals surface area contributed by atoms with Gasteiger partial charge >= 0.3 is 5.97 Å². The third-order valence-corrected chi connectivity index (χ3v) is 3.17. The molecule has 0 saturated carbocycles. The summed E-state index contributed by atoms with van der Waals surface area (Å²) in [4.78, 5) is 24.9. The second-order valence-electron chi connectivity index (χ2n) is 5.00. The number of morpholine rings is 1. The Balaban J connectivity index is 2.33. The zero-order chi connectivity index (χ0) is 15.0. The van der Waals surface area contributed by atoms with Gasteiger partial charge in [0.2, 0.25) is 5.91 Å². The molecule has 2 N–H and O–H groups in total. The van der Waals surface area contributed by atoms with Crippen LogP contribution in [0.1, 0.15) is 13.8 Å². The molecule has 7 nitrogen and oxygen atoms in total. The van der Waals surface area contributed by atoms with Gasteiger partial charge in [-0.15, -0.1) is 0 Å². The van der Waals surface area contributed by atoms with Crippen LogP contribution < -0.4 is 10.6 Å². The summed E-state index contributed by atoms with van der Waals surface area (Å²) < 4.78 is 9.97. The predicted octanol–water partition coefficient (Wildman–Crippen LogP) is -1.03. The second kappa shape index (κ2) is 8.89. The highest BCUT2D eigenvalue weighted by molar-refractivity contribution is 5.83. The maximum Gasteiger partial charge on any atom is 0.329 e. The number of ether oxygens (including phenoxy) is 2. The van der Waals surface area contributed by atoms with E-state index in [2.05, 4.69) is 27.2 Å². The van der Waals surface area contributed by atoms with Crippen LogP contribution in [-0.4, -0.2) is 75.4 Å². The molecule has 0 aliphatic carbocycles. The molecule has 0 spiro atoms. The first kappa shape index (κ1) is 16.9.